The fraction of sp³-hybridized carbons (Fsp3) is 0.400. The fourth-order valence-corrected chi connectivity index (χ4v) is 3.37. The summed E-state index contributed by atoms with van der Waals surface area (Å²) in [5, 5.41) is 1.27. The first-order valence-electron chi connectivity index (χ1n) is 6.64. The Balaban J connectivity index is 1.87. The van der Waals surface area contributed by atoms with Crippen LogP contribution in [0.5, 0.6) is 0 Å². The highest BCUT2D eigenvalue weighted by Gasteiger charge is 2.50. The molecule has 2 aromatic rings. The molecule has 1 saturated heterocycles. The van der Waals surface area contributed by atoms with Gasteiger partial charge in [-0.1, -0.05) is 18.2 Å². The Labute approximate surface area is 111 Å². The van der Waals surface area contributed by atoms with Gasteiger partial charge in [-0.25, -0.2) is 4.79 Å². The highest BCUT2D eigenvalue weighted by Crippen LogP contribution is 2.39. The van der Waals surface area contributed by atoms with Gasteiger partial charge >= 0.3 is 6.09 Å². The summed E-state index contributed by atoms with van der Waals surface area (Å²) in [4.78, 5) is 17.2. The average molecular weight is 256 g/mol. The number of carbonyl (C=O) groups is 1. The van der Waals surface area contributed by atoms with Crippen LogP contribution >= 0.6 is 0 Å². The molecule has 4 heteroatoms. The minimum atomic E-state index is -0.410. The zero-order chi connectivity index (χ0) is 13.2. The Bertz CT molecular complexity index is 687. The van der Waals surface area contributed by atoms with Crippen molar-refractivity contribution >= 4 is 17.0 Å². The second-order valence-corrected chi connectivity index (χ2v) is 5.95. The van der Waals surface area contributed by atoms with Crippen LogP contribution in [0.1, 0.15) is 25.1 Å². The quantitative estimate of drug-likeness (QED) is 0.787. The molecule has 0 spiro atoms. The highest BCUT2D eigenvalue weighted by atomic mass is 16.6. The van der Waals surface area contributed by atoms with Gasteiger partial charge in [0.1, 0.15) is 5.60 Å². The number of hydrogen-bond acceptors (Lipinski definition) is 2. The van der Waals surface area contributed by atoms with Gasteiger partial charge in [-0.2, -0.15) is 0 Å². The maximum Gasteiger partial charge on any atom is 0.411 e. The smallest absolute Gasteiger partial charge is 0.411 e. The molecule has 0 radical (unpaired) electrons. The zero-order valence-electron chi connectivity index (χ0n) is 11.1. The van der Waals surface area contributed by atoms with Crippen molar-refractivity contribution in [2.45, 2.75) is 38.5 Å². The molecule has 0 bridgehead atoms. The maximum atomic E-state index is 11.9. The Morgan fingerprint density at radius 1 is 1.37 bits per heavy atom. The molecule has 1 atom stereocenters. The lowest BCUT2D eigenvalue weighted by atomic mass is 9.88. The molecule has 98 valence electrons. The van der Waals surface area contributed by atoms with Gasteiger partial charge in [-0.15, -0.1) is 0 Å². The molecule has 19 heavy (non-hydrogen) atoms. The van der Waals surface area contributed by atoms with Crippen molar-refractivity contribution in [3.63, 3.8) is 0 Å². The number of benzene rings is 1. The summed E-state index contributed by atoms with van der Waals surface area (Å²) in [6, 6.07) is 8.45. The summed E-state index contributed by atoms with van der Waals surface area (Å²) in [5.74, 6) is 0. The van der Waals surface area contributed by atoms with Crippen LogP contribution in [0.4, 0.5) is 4.79 Å². The van der Waals surface area contributed by atoms with Crippen LogP contribution < -0.4 is 0 Å². The van der Waals surface area contributed by atoms with Gasteiger partial charge in [0, 0.05) is 16.6 Å². The number of aromatic amines is 1. The molecular weight excluding hydrogens is 240 g/mol. The molecule has 3 heterocycles. The minimum Gasteiger partial charge on any atom is -0.441 e. The largest absolute Gasteiger partial charge is 0.441 e. The Morgan fingerprint density at radius 2 is 2.16 bits per heavy atom. The number of fused-ring (bicyclic) bond motifs is 4. The number of aromatic nitrogens is 1. The van der Waals surface area contributed by atoms with Crippen molar-refractivity contribution in [2.75, 3.05) is 0 Å². The minimum absolute atomic E-state index is 0.131. The number of para-hydroxylation sites is 1. The second kappa shape index (κ2) is 3.32. The average Bonchev–Trinajstić information content (AvgIpc) is 2.83. The van der Waals surface area contributed by atoms with E-state index in [1.807, 2.05) is 24.8 Å². The Kier molecular flexibility index (Phi) is 1.91. The number of amides is 1. The van der Waals surface area contributed by atoms with E-state index < -0.39 is 5.60 Å². The van der Waals surface area contributed by atoms with E-state index in [0.717, 1.165) is 17.6 Å². The van der Waals surface area contributed by atoms with E-state index in [0.29, 0.717) is 6.54 Å². The molecule has 2 aliphatic heterocycles. The lowest BCUT2D eigenvalue weighted by Crippen LogP contribution is -2.45. The van der Waals surface area contributed by atoms with E-state index >= 15 is 0 Å². The van der Waals surface area contributed by atoms with E-state index in [2.05, 4.69) is 23.2 Å². The number of rotatable bonds is 0. The number of H-pyrrole nitrogens is 1. The third-order valence-electron chi connectivity index (χ3n) is 4.39. The summed E-state index contributed by atoms with van der Waals surface area (Å²) in [6.07, 6.45) is 0.664. The fourth-order valence-electron chi connectivity index (χ4n) is 3.37. The second-order valence-electron chi connectivity index (χ2n) is 5.95. The number of hydrogen-bond donors (Lipinski definition) is 1. The lowest BCUT2D eigenvalue weighted by molar-refractivity contribution is 0.0669. The lowest BCUT2D eigenvalue weighted by Gasteiger charge is -2.32. The van der Waals surface area contributed by atoms with Gasteiger partial charge in [-0.05, 0) is 31.9 Å². The molecule has 0 aliphatic carbocycles. The molecule has 1 fully saturated rings. The van der Waals surface area contributed by atoms with Crippen molar-refractivity contribution in [3.05, 3.63) is 35.5 Å². The Morgan fingerprint density at radius 3 is 3.00 bits per heavy atom. The normalized spacial score (nSPS) is 24.2. The van der Waals surface area contributed by atoms with Gasteiger partial charge in [0.25, 0.3) is 0 Å². The summed E-state index contributed by atoms with van der Waals surface area (Å²) in [7, 11) is 0. The SMILES string of the molecule is CC1(C)OC(=O)N2Cc3[nH]c4ccccc4c3CC21. The van der Waals surface area contributed by atoms with Gasteiger partial charge in [0.15, 0.2) is 0 Å². The van der Waals surface area contributed by atoms with Crippen LogP contribution in [-0.2, 0) is 17.7 Å². The molecule has 4 rings (SSSR count). The van der Waals surface area contributed by atoms with Gasteiger partial charge < -0.3 is 9.72 Å². The summed E-state index contributed by atoms with van der Waals surface area (Å²) in [6.45, 7) is 4.61. The molecule has 4 nitrogen and oxygen atoms in total. The van der Waals surface area contributed by atoms with Crippen LogP contribution in [0, 0.1) is 0 Å². The van der Waals surface area contributed by atoms with Crippen LogP contribution in [0.3, 0.4) is 0 Å². The number of carbonyl (C=O) groups excluding carboxylic acids is 1. The van der Waals surface area contributed by atoms with Crippen molar-refractivity contribution in [1.82, 2.24) is 9.88 Å². The van der Waals surface area contributed by atoms with E-state index in [-0.39, 0.29) is 12.1 Å². The van der Waals surface area contributed by atoms with Gasteiger partial charge in [0.2, 0.25) is 0 Å². The van der Waals surface area contributed by atoms with Crippen molar-refractivity contribution < 1.29 is 9.53 Å². The van der Waals surface area contributed by atoms with E-state index in [1.165, 1.54) is 10.9 Å². The molecule has 0 saturated carbocycles. The summed E-state index contributed by atoms with van der Waals surface area (Å²) < 4.78 is 5.48. The third-order valence-corrected chi connectivity index (χ3v) is 4.39. The molecule has 1 aromatic heterocycles. The van der Waals surface area contributed by atoms with E-state index in [1.54, 1.807) is 0 Å². The van der Waals surface area contributed by atoms with Gasteiger partial charge in [0.05, 0.1) is 12.6 Å². The molecule has 1 unspecified atom stereocenters. The predicted molar refractivity (Wildman–Crippen MR) is 71.9 cm³/mol. The molecule has 2 aliphatic rings. The number of nitrogens with one attached hydrogen (secondary N) is 1. The maximum absolute atomic E-state index is 11.9. The van der Waals surface area contributed by atoms with Crippen LogP contribution in [0.25, 0.3) is 10.9 Å². The Hall–Kier alpha value is -1.97. The number of cyclic esters (lactones) is 1. The first kappa shape index (κ1) is 10.9. The number of nitrogens with zero attached hydrogens (tertiary/aromatic N) is 1. The topological polar surface area (TPSA) is 45.3 Å². The van der Waals surface area contributed by atoms with Crippen LogP contribution in [0.2, 0.25) is 0 Å². The highest BCUT2D eigenvalue weighted by molar-refractivity contribution is 5.85. The molecular formula is C15H16N2O2. The standard InChI is InChI=1S/C15H16N2O2/c1-15(2)13-7-10-9-5-3-4-6-11(9)16-12(10)8-17(13)14(18)19-15/h3-6,13,16H,7-8H2,1-2H3. The van der Waals surface area contributed by atoms with Crippen molar-refractivity contribution in [2.24, 2.45) is 0 Å². The predicted octanol–water partition coefficient (Wildman–Crippen LogP) is 2.82. The van der Waals surface area contributed by atoms with E-state index in [4.69, 9.17) is 4.74 Å². The molecule has 1 aromatic carbocycles. The van der Waals surface area contributed by atoms with E-state index in [9.17, 15) is 4.79 Å². The van der Waals surface area contributed by atoms with Crippen molar-refractivity contribution in [1.29, 1.82) is 0 Å². The first-order chi connectivity index (χ1) is 9.06. The summed E-state index contributed by atoms with van der Waals surface area (Å²) in [5.41, 5.74) is 3.22. The monoisotopic (exact) mass is 256 g/mol. The third kappa shape index (κ3) is 1.37. The summed E-state index contributed by atoms with van der Waals surface area (Å²) >= 11 is 0. The molecule has 1 amide bonds. The zero-order valence-corrected chi connectivity index (χ0v) is 11.1. The van der Waals surface area contributed by atoms with Gasteiger partial charge in [-0.3, -0.25) is 4.90 Å². The molecule has 1 N–H and O–H groups in total. The van der Waals surface area contributed by atoms with Crippen LogP contribution in [0.15, 0.2) is 24.3 Å². The first-order valence-corrected chi connectivity index (χ1v) is 6.64. The number of ether oxygens (including phenoxy) is 1. The van der Waals surface area contributed by atoms with Crippen LogP contribution in [-0.4, -0.2) is 27.6 Å². The van der Waals surface area contributed by atoms with Crippen molar-refractivity contribution in [3.8, 4) is 0 Å².